The molecule has 0 unspecified atom stereocenters. The molecule has 0 radical (unpaired) electrons. The van der Waals surface area contributed by atoms with E-state index in [1.165, 1.54) is 17.5 Å². The summed E-state index contributed by atoms with van der Waals surface area (Å²) in [7, 11) is 0. The number of nitrogens with zero attached hydrogens (tertiary/aromatic N) is 3. The summed E-state index contributed by atoms with van der Waals surface area (Å²) in [5, 5.41) is 12.3. The molecule has 0 spiro atoms. The number of hydrogen-bond donors (Lipinski definition) is 1. The molecule has 0 aliphatic heterocycles. The van der Waals surface area contributed by atoms with E-state index < -0.39 is 0 Å². The number of rotatable bonds is 6. The first-order valence-electron chi connectivity index (χ1n) is 7.93. The minimum absolute atomic E-state index is 0.271. The van der Waals surface area contributed by atoms with Crippen molar-refractivity contribution in [2.45, 2.75) is 20.3 Å². The van der Waals surface area contributed by atoms with E-state index in [2.05, 4.69) is 34.3 Å². The molecule has 1 amide bonds. The fourth-order valence-corrected chi connectivity index (χ4v) is 3.07. The molecule has 0 fully saturated rings. The number of para-hydroxylation sites is 1. The Labute approximate surface area is 149 Å². The molecule has 3 aromatic rings. The van der Waals surface area contributed by atoms with Crippen molar-refractivity contribution < 1.29 is 9.53 Å². The second-order valence-electron chi connectivity index (χ2n) is 5.85. The molecule has 0 saturated carbocycles. The van der Waals surface area contributed by atoms with Crippen molar-refractivity contribution in [1.82, 2.24) is 15.2 Å². The lowest BCUT2D eigenvalue weighted by atomic mass is 10.1. The van der Waals surface area contributed by atoms with Crippen LogP contribution in [0.3, 0.4) is 0 Å². The van der Waals surface area contributed by atoms with Gasteiger partial charge in [-0.15, -0.1) is 10.2 Å². The summed E-state index contributed by atoms with van der Waals surface area (Å²) in [5.74, 6) is 1.24. The van der Waals surface area contributed by atoms with Gasteiger partial charge in [-0.3, -0.25) is 10.1 Å². The maximum absolute atomic E-state index is 12.4. The lowest BCUT2D eigenvalue weighted by Crippen LogP contribution is -2.12. The van der Waals surface area contributed by atoms with Gasteiger partial charge in [0.15, 0.2) is 0 Å². The summed E-state index contributed by atoms with van der Waals surface area (Å²) in [6.07, 6.45) is 2.38. The fourth-order valence-electron chi connectivity index (χ4n) is 2.12. The predicted octanol–water partition coefficient (Wildman–Crippen LogP) is 4.18. The van der Waals surface area contributed by atoms with Crippen molar-refractivity contribution in [3.05, 3.63) is 59.2 Å². The van der Waals surface area contributed by atoms with E-state index in [1.807, 2.05) is 30.3 Å². The van der Waals surface area contributed by atoms with E-state index >= 15 is 0 Å². The molecule has 3 rings (SSSR count). The highest BCUT2D eigenvalue weighted by Gasteiger charge is 2.12. The van der Waals surface area contributed by atoms with E-state index in [0.717, 1.165) is 11.4 Å². The molecule has 0 aliphatic rings. The quantitative estimate of drug-likeness (QED) is 0.719. The van der Waals surface area contributed by atoms with Gasteiger partial charge < -0.3 is 4.74 Å². The topological polar surface area (TPSA) is 77.0 Å². The van der Waals surface area contributed by atoms with E-state index in [4.69, 9.17) is 4.74 Å². The maximum Gasteiger partial charge on any atom is 0.257 e. The lowest BCUT2D eigenvalue weighted by Gasteiger charge is -2.06. The zero-order valence-electron chi connectivity index (χ0n) is 14.0. The highest BCUT2D eigenvalue weighted by Crippen LogP contribution is 2.21. The van der Waals surface area contributed by atoms with Gasteiger partial charge in [0.1, 0.15) is 10.8 Å². The molecule has 1 N–H and O–H groups in total. The monoisotopic (exact) mass is 354 g/mol. The number of amides is 1. The summed E-state index contributed by atoms with van der Waals surface area (Å²) in [6, 6.07) is 12.5. The molecule has 7 heteroatoms. The van der Waals surface area contributed by atoms with Crippen LogP contribution in [0.5, 0.6) is 11.6 Å². The zero-order chi connectivity index (χ0) is 17.6. The average molecular weight is 354 g/mol. The number of nitrogens with one attached hydrogen (secondary N) is 1. The van der Waals surface area contributed by atoms with Crippen LogP contribution in [0.25, 0.3) is 0 Å². The molecule has 0 atom stereocenters. The summed E-state index contributed by atoms with van der Waals surface area (Å²) >= 11 is 1.39. The third-order valence-electron chi connectivity index (χ3n) is 3.23. The Morgan fingerprint density at radius 2 is 2.00 bits per heavy atom. The molecule has 2 heterocycles. The van der Waals surface area contributed by atoms with Crippen LogP contribution in [0, 0.1) is 5.92 Å². The molecule has 0 bridgehead atoms. The van der Waals surface area contributed by atoms with Crippen LogP contribution in [0.15, 0.2) is 48.7 Å². The van der Waals surface area contributed by atoms with Crippen molar-refractivity contribution in [2.24, 2.45) is 5.92 Å². The molecule has 25 heavy (non-hydrogen) atoms. The van der Waals surface area contributed by atoms with Crippen LogP contribution < -0.4 is 10.1 Å². The molecule has 2 aromatic heterocycles. The van der Waals surface area contributed by atoms with Crippen molar-refractivity contribution in [1.29, 1.82) is 0 Å². The van der Waals surface area contributed by atoms with Gasteiger partial charge in [-0.25, -0.2) is 4.98 Å². The van der Waals surface area contributed by atoms with Crippen LogP contribution >= 0.6 is 11.3 Å². The first-order valence-corrected chi connectivity index (χ1v) is 8.74. The summed E-state index contributed by atoms with van der Waals surface area (Å²) in [6.45, 7) is 4.23. The van der Waals surface area contributed by atoms with Gasteiger partial charge in [-0.1, -0.05) is 43.4 Å². The summed E-state index contributed by atoms with van der Waals surface area (Å²) in [5.41, 5.74) is 0.446. The van der Waals surface area contributed by atoms with Gasteiger partial charge in [0.2, 0.25) is 11.0 Å². The number of anilines is 1. The number of pyridine rings is 1. The highest BCUT2D eigenvalue weighted by molar-refractivity contribution is 7.15. The first kappa shape index (κ1) is 17.0. The van der Waals surface area contributed by atoms with Crippen LogP contribution in [0.1, 0.15) is 29.2 Å². The summed E-state index contributed by atoms with van der Waals surface area (Å²) in [4.78, 5) is 16.5. The molecule has 6 nitrogen and oxygen atoms in total. The molecular weight excluding hydrogens is 336 g/mol. The Bertz CT molecular complexity index is 849. The molecular formula is C18H18N4O2S. The Hall–Kier alpha value is -2.80. The van der Waals surface area contributed by atoms with E-state index in [1.54, 1.807) is 12.1 Å². The SMILES string of the molecule is CC(C)Cc1nnc(NC(=O)c2ccnc(Oc3ccccc3)c2)s1. The minimum atomic E-state index is -0.271. The fraction of sp³-hybridized carbons (Fsp3) is 0.222. The van der Waals surface area contributed by atoms with Gasteiger partial charge in [-0.05, 0) is 24.1 Å². The normalized spacial score (nSPS) is 10.7. The van der Waals surface area contributed by atoms with Gasteiger partial charge in [0.25, 0.3) is 5.91 Å². The third kappa shape index (κ3) is 4.84. The number of carbonyl (C=O) groups excluding carboxylic acids is 1. The maximum atomic E-state index is 12.4. The smallest absolute Gasteiger partial charge is 0.257 e. The number of carbonyl (C=O) groups is 1. The predicted molar refractivity (Wildman–Crippen MR) is 97.2 cm³/mol. The van der Waals surface area contributed by atoms with Crippen molar-refractivity contribution in [3.8, 4) is 11.6 Å². The molecule has 0 aliphatic carbocycles. The van der Waals surface area contributed by atoms with Crippen LogP contribution in [0.4, 0.5) is 5.13 Å². The standard InChI is InChI=1S/C18H18N4O2S/c1-12(2)10-16-21-22-18(25-16)20-17(23)13-8-9-19-15(11-13)24-14-6-4-3-5-7-14/h3-9,11-12H,10H2,1-2H3,(H,20,22,23). The molecule has 1 aromatic carbocycles. The van der Waals surface area contributed by atoms with Crippen molar-refractivity contribution >= 4 is 22.4 Å². The Morgan fingerprint density at radius 1 is 1.20 bits per heavy atom. The number of aromatic nitrogens is 3. The van der Waals surface area contributed by atoms with Gasteiger partial charge in [-0.2, -0.15) is 0 Å². The molecule has 0 saturated heterocycles. The Balaban J connectivity index is 1.68. The minimum Gasteiger partial charge on any atom is -0.439 e. The summed E-state index contributed by atoms with van der Waals surface area (Å²) < 4.78 is 5.65. The van der Waals surface area contributed by atoms with Gasteiger partial charge >= 0.3 is 0 Å². The second-order valence-corrected chi connectivity index (χ2v) is 6.91. The van der Waals surface area contributed by atoms with Crippen molar-refractivity contribution in [3.63, 3.8) is 0 Å². The first-order chi connectivity index (χ1) is 12.1. The average Bonchev–Trinajstić information content (AvgIpc) is 3.02. The molecule has 128 valence electrons. The zero-order valence-corrected chi connectivity index (χ0v) is 14.8. The van der Waals surface area contributed by atoms with Gasteiger partial charge in [0.05, 0.1) is 0 Å². The van der Waals surface area contributed by atoms with E-state index in [9.17, 15) is 4.79 Å². The van der Waals surface area contributed by atoms with E-state index in [-0.39, 0.29) is 5.91 Å². The van der Waals surface area contributed by atoms with Crippen LogP contribution in [-0.4, -0.2) is 21.1 Å². The highest BCUT2D eigenvalue weighted by atomic mass is 32.1. The number of hydrogen-bond acceptors (Lipinski definition) is 6. The number of benzene rings is 1. The third-order valence-corrected chi connectivity index (χ3v) is 4.09. The van der Waals surface area contributed by atoms with E-state index in [0.29, 0.717) is 28.2 Å². The number of ether oxygens (including phenoxy) is 1. The largest absolute Gasteiger partial charge is 0.439 e. The van der Waals surface area contributed by atoms with Crippen LogP contribution in [0.2, 0.25) is 0 Å². The van der Waals surface area contributed by atoms with Crippen LogP contribution in [-0.2, 0) is 6.42 Å². The Kier molecular flexibility index (Phi) is 5.35. The Morgan fingerprint density at radius 3 is 2.76 bits per heavy atom. The van der Waals surface area contributed by atoms with Gasteiger partial charge in [0, 0.05) is 24.2 Å². The van der Waals surface area contributed by atoms with Crippen molar-refractivity contribution in [2.75, 3.05) is 5.32 Å². The second kappa shape index (κ2) is 7.85. The lowest BCUT2D eigenvalue weighted by molar-refractivity contribution is 0.102.